The van der Waals surface area contributed by atoms with Gasteiger partial charge in [-0.1, -0.05) is 0 Å². The van der Waals surface area contributed by atoms with Crippen molar-refractivity contribution in [2.24, 2.45) is 0 Å². The summed E-state index contributed by atoms with van der Waals surface area (Å²) < 4.78 is 18.2. The van der Waals surface area contributed by atoms with Crippen LogP contribution < -0.4 is 0 Å². The van der Waals surface area contributed by atoms with Crippen molar-refractivity contribution in [3.63, 3.8) is 0 Å². The lowest BCUT2D eigenvalue weighted by Gasteiger charge is -2.26. The molecule has 1 aromatic carbocycles. The molecule has 0 unspecified atom stereocenters. The molecular weight excluding hydrogens is 223 g/mol. The van der Waals surface area contributed by atoms with Gasteiger partial charge in [0, 0.05) is 13.1 Å². The Morgan fingerprint density at radius 3 is 3.00 bits per heavy atom. The van der Waals surface area contributed by atoms with Crippen LogP contribution in [0.1, 0.15) is 11.1 Å². The van der Waals surface area contributed by atoms with Gasteiger partial charge in [-0.2, -0.15) is 5.26 Å². The molecule has 1 heterocycles. The van der Waals surface area contributed by atoms with E-state index in [1.165, 1.54) is 12.1 Å². The van der Waals surface area contributed by atoms with Gasteiger partial charge in [-0.05, 0) is 23.8 Å². The second-order valence-electron chi connectivity index (χ2n) is 3.83. The van der Waals surface area contributed by atoms with Crippen molar-refractivity contribution in [1.29, 1.82) is 5.26 Å². The highest BCUT2D eigenvalue weighted by molar-refractivity contribution is 5.78. The third-order valence-electron chi connectivity index (χ3n) is 2.54. The van der Waals surface area contributed by atoms with Crippen molar-refractivity contribution in [2.45, 2.75) is 6.54 Å². The second-order valence-corrected chi connectivity index (χ2v) is 3.83. The molecule has 0 N–H and O–H groups in total. The Morgan fingerprint density at radius 1 is 1.47 bits per heavy atom. The van der Waals surface area contributed by atoms with E-state index >= 15 is 0 Å². The zero-order valence-corrected chi connectivity index (χ0v) is 9.15. The number of carbonyl (C=O) groups excluding carboxylic acids is 1. The summed E-state index contributed by atoms with van der Waals surface area (Å²) in [4.78, 5) is 13.1. The molecule has 0 atom stereocenters. The van der Waals surface area contributed by atoms with Crippen LogP contribution in [0.5, 0.6) is 0 Å². The molecule has 1 amide bonds. The molecule has 88 valence electrons. The van der Waals surface area contributed by atoms with Crippen molar-refractivity contribution in [3.8, 4) is 6.07 Å². The summed E-state index contributed by atoms with van der Waals surface area (Å²) in [7, 11) is 0. The van der Waals surface area contributed by atoms with Crippen molar-refractivity contribution in [2.75, 3.05) is 19.8 Å². The molecule has 1 fully saturated rings. The van der Waals surface area contributed by atoms with E-state index in [2.05, 4.69) is 0 Å². The fourth-order valence-corrected chi connectivity index (χ4v) is 1.74. The van der Waals surface area contributed by atoms with Crippen LogP contribution in [0.2, 0.25) is 0 Å². The maximum Gasteiger partial charge on any atom is 0.248 e. The van der Waals surface area contributed by atoms with Crippen LogP contribution in [-0.4, -0.2) is 30.6 Å². The number of benzene rings is 1. The summed E-state index contributed by atoms with van der Waals surface area (Å²) in [6, 6.07) is 5.99. The molecule has 0 saturated carbocycles. The first-order valence-electron chi connectivity index (χ1n) is 5.24. The number of carbonyl (C=O) groups is 1. The molecule has 0 aliphatic carbocycles. The predicted molar refractivity (Wildman–Crippen MR) is 57.4 cm³/mol. The van der Waals surface area contributed by atoms with Gasteiger partial charge in [0.05, 0.1) is 18.2 Å². The van der Waals surface area contributed by atoms with E-state index in [9.17, 15) is 9.18 Å². The average Bonchev–Trinajstić information content (AvgIpc) is 2.31. The highest BCUT2D eigenvalue weighted by Gasteiger charge is 2.18. The van der Waals surface area contributed by atoms with Gasteiger partial charge in [0.2, 0.25) is 5.91 Å². The van der Waals surface area contributed by atoms with E-state index in [0.717, 1.165) is 0 Å². The maximum atomic E-state index is 13.2. The van der Waals surface area contributed by atoms with Gasteiger partial charge >= 0.3 is 0 Å². The molecule has 1 aliphatic rings. The molecule has 0 bridgehead atoms. The predicted octanol–water partition coefficient (Wildman–Crippen LogP) is 1.06. The first-order chi connectivity index (χ1) is 8.19. The van der Waals surface area contributed by atoms with E-state index in [0.29, 0.717) is 25.3 Å². The van der Waals surface area contributed by atoms with Gasteiger partial charge < -0.3 is 9.64 Å². The van der Waals surface area contributed by atoms with Crippen LogP contribution in [0.4, 0.5) is 4.39 Å². The zero-order valence-electron chi connectivity index (χ0n) is 9.15. The lowest BCUT2D eigenvalue weighted by atomic mass is 10.1. The minimum absolute atomic E-state index is 0.0699. The number of rotatable bonds is 2. The Balaban J connectivity index is 2.15. The fourth-order valence-electron chi connectivity index (χ4n) is 1.74. The van der Waals surface area contributed by atoms with Gasteiger partial charge in [-0.25, -0.2) is 4.39 Å². The van der Waals surface area contributed by atoms with Crippen molar-refractivity contribution >= 4 is 5.91 Å². The Bertz CT molecular complexity index is 482. The van der Waals surface area contributed by atoms with Gasteiger partial charge in [0.1, 0.15) is 12.4 Å². The van der Waals surface area contributed by atoms with Crippen molar-refractivity contribution < 1.29 is 13.9 Å². The standard InChI is InChI=1S/C12H11FN2O2/c13-11-4-9(6-14)3-10(5-11)7-15-1-2-17-8-12(15)16/h3-5H,1-2,7-8H2. The number of amides is 1. The quantitative estimate of drug-likeness (QED) is 0.768. The molecular formula is C12H11FN2O2. The fraction of sp³-hybridized carbons (Fsp3) is 0.333. The van der Waals surface area contributed by atoms with Gasteiger partial charge in [-0.3, -0.25) is 4.79 Å². The highest BCUT2D eigenvalue weighted by Crippen LogP contribution is 2.12. The first-order valence-corrected chi connectivity index (χ1v) is 5.24. The normalized spacial score (nSPS) is 15.8. The van der Waals surface area contributed by atoms with Crippen LogP contribution in [0.15, 0.2) is 18.2 Å². The molecule has 1 aromatic rings. The van der Waals surface area contributed by atoms with E-state index in [4.69, 9.17) is 10.00 Å². The number of morpholine rings is 1. The summed E-state index contributed by atoms with van der Waals surface area (Å²) in [6.07, 6.45) is 0. The van der Waals surface area contributed by atoms with Crippen molar-refractivity contribution in [1.82, 2.24) is 4.90 Å². The van der Waals surface area contributed by atoms with E-state index < -0.39 is 5.82 Å². The van der Waals surface area contributed by atoms with Crippen LogP contribution in [-0.2, 0) is 16.1 Å². The number of hydrogen-bond donors (Lipinski definition) is 0. The van der Waals surface area contributed by atoms with Gasteiger partial charge in [0.25, 0.3) is 0 Å². The number of ether oxygens (including phenoxy) is 1. The SMILES string of the molecule is N#Cc1cc(F)cc(CN2CCOCC2=O)c1. The minimum Gasteiger partial charge on any atom is -0.370 e. The molecule has 1 saturated heterocycles. The zero-order chi connectivity index (χ0) is 12.3. The Hall–Kier alpha value is -1.93. The van der Waals surface area contributed by atoms with Crippen LogP contribution in [0.3, 0.4) is 0 Å². The third-order valence-corrected chi connectivity index (χ3v) is 2.54. The maximum absolute atomic E-state index is 13.2. The third kappa shape index (κ3) is 2.80. The summed E-state index contributed by atoms with van der Waals surface area (Å²) in [5, 5.41) is 8.73. The Labute approximate surface area is 98.2 Å². The molecule has 0 spiro atoms. The average molecular weight is 234 g/mol. The molecule has 0 aromatic heterocycles. The van der Waals surface area contributed by atoms with Crippen LogP contribution >= 0.6 is 0 Å². The molecule has 0 radical (unpaired) electrons. The first kappa shape index (κ1) is 11.6. The summed E-state index contributed by atoms with van der Waals surface area (Å²) in [6.45, 7) is 1.37. The summed E-state index contributed by atoms with van der Waals surface area (Å²) in [5.41, 5.74) is 0.887. The van der Waals surface area contributed by atoms with E-state index in [1.54, 1.807) is 11.0 Å². The summed E-state index contributed by atoms with van der Waals surface area (Å²) >= 11 is 0. The molecule has 1 aliphatic heterocycles. The smallest absolute Gasteiger partial charge is 0.248 e. The topological polar surface area (TPSA) is 53.3 Å². The number of halogens is 1. The second kappa shape index (κ2) is 4.93. The number of hydrogen-bond acceptors (Lipinski definition) is 3. The largest absolute Gasteiger partial charge is 0.370 e. The van der Waals surface area contributed by atoms with Crippen molar-refractivity contribution in [3.05, 3.63) is 35.1 Å². The molecule has 17 heavy (non-hydrogen) atoms. The minimum atomic E-state index is -0.459. The lowest BCUT2D eigenvalue weighted by Crippen LogP contribution is -2.40. The number of nitrogens with zero attached hydrogens (tertiary/aromatic N) is 2. The van der Waals surface area contributed by atoms with Gasteiger partial charge in [-0.15, -0.1) is 0 Å². The molecule has 5 heteroatoms. The van der Waals surface area contributed by atoms with E-state index in [1.807, 2.05) is 6.07 Å². The monoisotopic (exact) mass is 234 g/mol. The lowest BCUT2D eigenvalue weighted by molar-refractivity contribution is -0.143. The van der Waals surface area contributed by atoms with E-state index in [-0.39, 0.29) is 18.1 Å². The van der Waals surface area contributed by atoms with Gasteiger partial charge in [0.15, 0.2) is 0 Å². The van der Waals surface area contributed by atoms with Crippen LogP contribution in [0.25, 0.3) is 0 Å². The summed E-state index contributed by atoms with van der Waals surface area (Å²) in [5.74, 6) is -0.571. The molecule has 2 rings (SSSR count). The highest BCUT2D eigenvalue weighted by atomic mass is 19.1. The number of nitriles is 1. The van der Waals surface area contributed by atoms with Crippen LogP contribution in [0, 0.1) is 17.1 Å². The Kier molecular flexibility index (Phi) is 3.35. The molecule has 4 nitrogen and oxygen atoms in total. The Morgan fingerprint density at radius 2 is 2.29 bits per heavy atom.